The van der Waals surface area contributed by atoms with Crippen LogP contribution in [0.4, 0.5) is 5.69 Å². The largest absolute Gasteiger partial charge is 0.494 e. The Balaban J connectivity index is 1.39. The highest BCUT2D eigenvalue weighted by molar-refractivity contribution is 6.03. The molecule has 154 valence electrons. The Labute approximate surface area is 175 Å². The van der Waals surface area contributed by atoms with E-state index in [9.17, 15) is 14.4 Å². The predicted molar refractivity (Wildman–Crippen MR) is 117 cm³/mol. The van der Waals surface area contributed by atoms with E-state index in [-0.39, 0.29) is 30.6 Å². The first-order valence-corrected chi connectivity index (χ1v) is 9.81. The molecule has 0 aliphatic carbocycles. The molecule has 2 amide bonds. The average molecular weight is 404 g/mol. The lowest BCUT2D eigenvalue weighted by molar-refractivity contribution is -0.124. The SMILES string of the molecule is CC(=O)c1cccc(OCCCC(=O)NCC(=O)Nc2cccc3ccccc23)c1. The number of rotatable bonds is 9. The van der Waals surface area contributed by atoms with Crippen LogP contribution in [0.3, 0.4) is 0 Å². The fourth-order valence-electron chi connectivity index (χ4n) is 3.02. The lowest BCUT2D eigenvalue weighted by Crippen LogP contribution is -2.32. The van der Waals surface area contributed by atoms with Crippen molar-refractivity contribution in [1.82, 2.24) is 5.32 Å². The number of benzene rings is 3. The van der Waals surface area contributed by atoms with Crippen molar-refractivity contribution in [3.05, 3.63) is 72.3 Å². The molecule has 2 N–H and O–H groups in total. The molecule has 6 nitrogen and oxygen atoms in total. The van der Waals surface area contributed by atoms with E-state index < -0.39 is 0 Å². The third kappa shape index (κ3) is 5.91. The Kier molecular flexibility index (Phi) is 7.16. The summed E-state index contributed by atoms with van der Waals surface area (Å²) in [6, 6.07) is 20.4. The van der Waals surface area contributed by atoms with E-state index in [0.717, 1.165) is 10.8 Å². The fraction of sp³-hybridized carbons (Fsp3) is 0.208. The summed E-state index contributed by atoms with van der Waals surface area (Å²) in [6.45, 7) is 1.75. The summed E-state index contributed by atoms with van der Waals surface area (Å²) in [5.41, 5.74) is 1.30. The molecule has 0 fully saturated rings. The number of fused-ring (bicyclic) bond motifs is 1. The van der Waals surface area contributed by atoms with Crippen molar-refractivity contribution < 1.29 is 19.1 Å². The number of nitrogens with one attached hydrogen (secondary N) is 2. The van der Waals surface area contributed by atoms with E-state index >= 15 is 0 Å². The molecule has 0 spiro atoms. The zero-order valence-corrected chi connectivity index (χ0v) is 16.8. The van der Waals surface area contributed by atoms with Gasteiger partial charge < -0.3 is 15.4 Å². The van der Waals surface area contributed by atoms with Gasteiger partial charge in [0.15, 0.2) is 5.78 Å². The zero-order chi connectivity index (χ0) is 21.3. The number of ketones is 1. The second-order valence-corrected chi connectivity index (χ2v) is 6.89. The van der Waals surface area contributed by atoms with Gasteiger partial charge in [0.1, 0.15) is 5.75 Å². The summed E-state index contributed by atoms with van der Waals surface area (Å²) in [4.78, 5) is 35.5. The third-order valence-electron chi connectivity index (χ3n) is 4.57. The minimum atomic E-state index is -0.281. The molecular formula is C24H24N2O4. The summed E-state index contributed by atoms with van der Waals surface area (Å²) in [5, 5.41) is 7.44. The first kappa shape index (κ1) is 21.0. The minimum absolute atomic E-state index is 0.0263. The molecule has 0 saturated heterocycles. The van der Waals surface area contributed by atoms with Crippen LogP contribution in [0.25, 0.3) is 10.8 Å². The van der Waals surface area contributed by atoms with Crippen molar-refractivity contribution in [1.29, 1.82) is 0 Å². The van der Waals surface area contributed by atoms with E-state index in [4.69, 9.17) is 4.74 Å². The van der Waals surface area contributed by atoms with Crippen LogP contribution in [0.2, 0.25) is 0 Å². The van der Waals surface area contributed by atoms with Gasteiger partial charge in [-0.15, -0.1) is 0 Å². The Morgan fingerprint density at radius 1 is 0.900 bits per heavy atom. The molecule has 30 heavy (non-hydrogen) atoms. The van der Waals surface area contributed by atoms with Gasteiger partial charge in [-0.25, -0.2) is 0 Å². The first-order valence-electron chi connectivity index (χ1n) is 9.81. The Morgan fingerprint density at radius 3 is 2.50 bits per heavy atom. The number of carbonyl (C=O) groups is 3. The quantitative estimate of drug-likeness (QED) is 0.418. The van der Waals surface area contributed by atoms with Crippen molar-refractivity contribution in [2.24, 2.45) is 0 Å². The second kappa shape index (κ2) is 10.2. The van der Waals surface area contributed by atoms with Crippen LogP contribution in [-0.2, 0) is 9.59 Å². The van der Waals surface area contributed by atoms with Gasteiger partial charge in [-0.2, -0.15) is 0 Å². The molecule has 0 radical (unpaired) electrons. The van der Waals surface area contributed by atoms with Crippen molar-refractivity contribution in [3.63, 3.8) is 0 Å². The van der Waals surface area contributed by atoms with Crippen LogP contribution < -0.4 is 15.4 Å². The van der Waals surface area contributed by atoms with Crippen molar-refractivity contribution >= 4 is 34.1 Å². The average Bonchev–Trinajstić information content (AvgIpc) is 2.76. The van der Waals surface area contributed by atoms with Gasteiger partial charge in [0.2, 0.25) is 11.8 Å². The third-order valence-corrected chi connectivity index (χ3v) is 4.57. The number of amides is 2. The van der Waals surface area contributed by atoms with Crippen LogP contribution in [-0.4, -0.2) is 30.7 Å². The number of Topliss-reactive ketones (excluding diaryl/α,β-unsaturated/α-hetero) is 1. The standard InChI is InChI=1S/C24H24N2O4/c1-17(27)19-9-4-10-20(15-19)30-14-6-13-23(28)25-16-24(29)26-22-12-5-8-18-7-2-3-11-21(18)22/h2-5,7-12,15H,6,13-14,16H2,1H3,(H,25,28)(H,26,29). The number of ether oxygens (including phenoxy) is 1. The van der Waals surface area contributed by atoms with E-state index in [0.29, 0.717) is 30.0 Å². The molecule has 0 aliphatic rings. The van der Waals surface area contributed by atoms with Crippen LogP contribution in [0.1, 0.15) is 30.1 Å². The Hall–Kier alpha value is -3.67. The maximum Gasteiger partial charge on any atom is 0.243 e. The highest BCUT2D eigenvalue weighted by Gasteiger charge is 2.08. The lowest BCUT2D eigenvalue weighted by atomic mass is 10.1. The van der Waals surface area contributed by atoms with Gasteiger partial charge in [0, 0.05) is 23.1 Å². The van der Waals surface area contributed by atoms with Crippen LogP contribution in [0.5, 0.6) is 5.75 Å². The minimum Gasteiger partial charge on any atom is -0.494 e. The predicted octanol–water partition coefficient (Wildman–Crippen LogP) is 3.96. The summed E-state index contributed by atoms with van der Waals surface area (Å²) >= 11 is 0. The highest BCUT2D eigenvalue weighted by Crippen LogP contribution is 2.22. The molecule has 0 saturated carbocycles. The van der Waals surface area contributed by atoms with Crippen LogP contribution in [0.15, 0.2) is 66.7 Å². The lowest BCUT2D eigenvalue weighted by Gasteiger charge is -2.10. The zero-order valence-electron chi connectivity index (χ0n) is 16.8. The molecule has 0 unspecified atom stereocenters. The van der Waals surface area contributed by atoms with E-state index in [1.54, 1.807) is 24.3 Å². The Morgan fingerprint density at radius 2 is 1.67 bits per heavy atom. The van der Waals surface area contributed by atoms with E-state index in [1.807, 2.05) is 42.5 Å². The molecular weight excluding hydrogens is 380 g/mol. The smallest absolute Gasteiger partial charge is 0.243 e. The molecule has 0 bridgehead atoms. The van der Waals surface area contributed by atoms with Gasteiger partial charge >= 0.3 is 0 Å². The highest BCUT2D eigenvalue weighted by atomic mass is 16.5. The number of carbonyl (C=O) groups excluding carboxylic acids is 3. The van der Waals surface area contributed by atoms with Crippen molar-refractivity contribution in [3.8, 4) is 5.75 Å². The van der Waals surface area contributed by atoms with Crippen molar-refractivity contribution in [2.45, 2.75) is 19.8 Å². The van der Waals surface area contributed by atoms with Gasteiger partial charge in [-0.05, 0) is 36.9 Å². The summed E-state index contributed by atoms with van der Waals surface area (Å²) in [6.07, 6.45) is 0.745. The monoisotopic (exact) mass is 404 g/mol. The van der Waals surface area contributed by atoms with Gasteiger partial charge in [0.25, 0.3) is 0 Å². The number of hydrogen-bond donors (Lipinski definition) is 2. The van der Waals surface area contributed by atoms with Crippen LogP contribution in [0, 0.1) is 0 Å². The normalized spacial score (nSPS) is 10.4. The van der Waals surface area contributed by atoms with Gasteiger partial charge in [-0.1, -0.05) is 48.5 Å². The van der Waals surface area contributed by atoms with E-state index in [1.165, 1.54) is 6.92 Å². The molecule has 0 heterocycles. The summed E-state index contributed by atoms with van der Waals surface area (Å²) in [7, 11) is 0. The molecule has 0 aliphatic heterocycles. The molecule has 3 aromatic rings. The topological polar surface area (TPSA) is 84.5 Å². The van der Waals surface area contributed by atoms with Gasteiger partial charge in [0.05, 0.1) is 13.2 Å². The van der Waals surface area contributed by atoms with Gasteiger partial charge in [-0.3, -0.25) is 14.4 Å². The van der Waals surface area contributed by atoms with Crippen molar-refractivity contribution in [2.75, 3.05) is 18.5 Å². The second-order valence-electron chi connectivity index (χ2n) is 6.89. The first-order chi connectivity index (χ1) is 14.5. The number of hydrogen-bond acceptors (Lipinski definition) is 4. The maximum atomic E-state index is 12.2. The molecule has 3 aromatic carbocycles. The summed E-state index contributed by atoms with van der Waals surface area (Å²) < 4.78 is 5.58. The fourth-order valence-corrected chi connectivity index (χ4v) is 3.02. The van der Waals surface area contributed by atoms with E-state index in [2.05, 4.69) is 10.6 Å². The maximum absolute atomic E-state index is 12.2. The van der Waals surface area contributed by atoms with Crippen LogP contribution >= 0.6 is 0 Å². The number of anilines is 1. The molecule has 0 aromatic heterocycles. The molecule has 3 rings (SSSR count). The Bertz CT molecular complexity index is 1060. The molecule has 0 atom stereocenters. The molecule has 6 heteroatoms. The summed E-state index contributed by atoms with van der Waals surface area (Å²) in [5.74, 6) is 0.0698.